The number of hydrogen-bond acceptors (Lipinski definition) is 4. The molecule has 2 aromatic heterocycles. The van der Waals surface area contributed by atoms with Crippen LogP contribution in [0.4, 0.5) is 5.69 Å². The van der Waals surface area contributed by atoms with Gasteiger partial charge in [0.15, 0.2) is 0 Å². The van der Waals surface area contributed by atoms with Crippen LogP contribution in [0.1, 0.15) is 24.3 Å². The third-order valence-corrected chi connectivity index (χ3v) is 4.12. The van der Waals surface area contributed by atoms with Crippen molar-refractivity contribution in [3.05, 3.63) is 46.4 Å². The molecule has 1 aliphatic heterocycles. The van der Waals surface area contributed by atoms with Gasteiger partial charge in [0.2, 0.25) is 0 Å². The van der Waals surface area contributed by atoms with E-state index in [0.29, 0.717) is 0 Å². The molecule has 3 heterocycles. The molecule has 0 aromatic carbocycles. The van der Waals surface area contributed by atoms with Crippen LogP contribution in [-0.4, -0.2) is 24.2 Å². The standard InChI is InChI=1S/C15H18N2OS/c1-11-7-14(3-5-16-11)17-8-12(2)18-15(9-17)13-4-6-19-10-13/h3-7,10,12,15H,8-9H2,1-2H3. The Balaban J connectivity index is 1.83. The number of hydrogen-bond donors (Lipinski definition) is 0. The van der Waals surface area contributed by atoms with Crippen LogP contribution in [0.3, 0.4) is 0 Å². The largest absolute Gasteiger partial charge is 0.367 e. The first-order valence-electron chi connectivity index (χ1n) is 6.57. The minimum Gasteiger partial charge on any atom is -0.367 e. The molecule has 2 unspecified atom stereocenters. The zero-order valence-corrected chi connectivity index (χ0v) is 12.1. The van der Waals surface area contributed by atoms with Crippen molar-refractivity contribution >= 4 is 17.0 Å². The fourth-order valence-electron chi connectivity index (χ4n) is 2.53. The normalized spacial score (nSPS) is 23.6. The van der Waals surface area contributed by atoms with Gasteiger partial charge in [0.05, 0.1) is 6.10 Å². The molecule has 1 fully saturated rings. The summed E-state index contributed by atoms with van der Waals surface area (Å²) in [6.07, 6.45) is 2.29. The average molecular weight is 274 g/mol. The SMILES string of the molecule is Cc1cc(N2CC(C)OC(c3ccsc3)C2)ccn1. The number of aryl methyl sites for hydroxylation is 1. The molecule has 0 amide bonds. The predicted octanol–water partition coefficient (Wildman–Crippen LogP) is 3.42. The van der Waals surface area contributed by atoms with Crippen LogP contribution in [0.15, 0.2) is 35.2 Å². The van der Waals surface area contributed by atoms with Gasteiger partial charge in [0, 0.05) is 30.7 Å². The topological polar surface area (TPSA) is 25.4 Å². The van der Waals surface area contributed by atoms with E-state index in [1.54, 1.807) is 11.3 Å². The zero-order valence-electron chi connectivity index (χ0n) is 11.2. The molecule has 2 aromatic rings. The van der Waals surface area contributed by atoms with Gasteiger partial charge in [-0.15, -0.1) is 0 Å². The number of pyridine rings is 1. The number of thiophene rings is 1. The van der Waals surface area contributed by atoms with Crippen LogP contribution in [0.5, 0.6) is 0 Å². The van der Waals surface area contributed by atoms with Crippen LogP contribution >= 0.6 is 11.3 Å². The van der Waals surface area contributed by atoms with Gasteiger partial charge in [-0.2, -0.15) is 11.3 Å². The fourth-order valence-corrected chi connectivity index (χ4v) is 3.23. The van der Waals surface area contributed by atoms with Gasteiger partial charge in [-0.1, -0.05) is 0 Å². The first-order valence-corrected chi connectivity index (χ1v) is 7.52. The van der Waals surface area contributed by atoms with E-state index in [-0.39, 0.29) is 12.2 Å². The van der Waals surface area contributed by atoms with Crippen LogP contribution in [0.25, 0.3) is 0 Å². The summed E-state index contributed by atoms with van der Waals surface area (Å²) in [5.74, 6) is 0. The highest BCUT2D eigenvalue weighted by Crippen LogP contribution is 2.29. The number of ether oxygens (including phenoxy) is 1. The Morgan fingerprint density at radius 2 is 2.26 bits per heavy atom. The van der Waals surface area contributed by atoms with Crippen molar-refractivity contribution in [3.8, 4) is 0 Å². The second-order valence-electron chi connectivity index (χ2n) is 5.05. The second-order valence-corrected chi connectivity index (χ2v) is 5.83. The van der Waals surface area contributed by atoms with E-state index in [1.165, 1.54) is 11.3 Å². The van der Waals surface area contributed by atoms with Crippen LogP contribution < -0.4 is 4.90 Å². The van der Waals surface area contributed by atoms with Crippen LogP contribution in [0, 0.1) is 6.92 Å². The predicted molar refractivity (Wildman–Crippen MR) is 78.8 cm³/mol. The molecule has 0 aliphatic carbocycles. The van der Waals surface area contributed by atoms with Crippen molar-refractivity contribution in [1.29, 1.82) is 0 Å². The summed E-state index contributed by atoms with van der Waals surface area (Å²) in [6, 6.07) is 6.38. The lowest BCUT2D eigenvalue weighted by Crippen LogP contribution is -2.42. The van der Waals surface area contributed by atoms with Crippen molar-refractivity contribution in [3.63, 3.8) is 0 Å². The van der Waals surface area contributed by atoms with Gasteiger partial charge in [0.25, 0.3) is 0 Å². The highest BCUT2D eigenvalue weighted by Gasteiger charge is 2.26. The third-order valence-electron chi connectivity index (χ3n) is 3.42. The Hall–Kier alpha value is -1.39. The minimum absolute atomic E-state index is 0.170. The van der Waals surface area contributed by atoms with Crippen LogP contribution in [-0.2, 0) is 4.74 Å². The molecule has 3 nitrogen and oxygen atoms in total. The van der Waals surface area contributed by atoms with E-state index in [4.69, 9.17) is 4.74 Å². The summed E-state index contributed by atoms with van der Waals surface area (Å²) in [7, 11) is 0. The average Bonchev–Trinajstić information content (AvgIpc) is 2.92. The molecule has 0 radical (unpaired) electrons. The summed E-state index contributed by atoms with van der Waals surface area (Å²) in [6.45, 7) is 6.01. The lowest BCUT2D eigenvalue weighted by atomic mass is 10.1. The van der Waals surface area contributed by atoms with E-state index in [0.717, 1.165) is 18.8 Å². The molecule has 100 valence electrons. The Morgan fingerprint density at radius 1 is 1.37 bits per heavy atom. The van der Waals surface area contributed by atoms with Gasteiger partial charge in [-0.25, -0.2) is 0 Å². The summed E-state index contributed by atoms with van der Waals surface area (Å²) in [4.78, 5) is 6.66. The molecular weight excluding hydrogens is 256 g/mol. The van der Waals surface area contributed by atoms with Crippen LogP contribution in [0.2, 0.25) is 0 Å². The maximum Gasteiger partial charge on any atom is 0.101 e. The summed E-state index contributed by atoms with van der Waals surface area (Å²) in [5.41, 5.74) is 3.58. The van der Waals surface area contributed by atoms with Crippen molar-refractivity contribution in [2.24, 2.45) is 0 Å². The van der Waals surface area contributed by atoms with E-state index in [2.05, 4.69) is 45.8 Å². The minimum atomic E-state index is 0.170. The smallest absolute Gasteiger partial charge is 0.101 e. The molecule has 1 saturated heterocycles. The van der Waals surface area contributed by atoms with Crippen molar-refractivity contribution in [1.82, 2.24) is 4.98 Å². The van der Waals surface area contributed by atoms with E-state index < -0.39 is 0 Å². The monoisotopic (exact) mass is 274 g/mol. The highest BCUT2D eigenvalue weighted by atomic mass is 32.1. The molecule has 3 rings (SSSR count). The molecule has 1 aliphatic rings. The Labute approximate surface area is 117 Å². The zero-order chi connectivity index (χ0) is 13.2. The van der Waals surface area contributed by atoms with Crippen molar-refractivity contribution in [2.45, 2.75) is 26.1 Å². The Morgan fingerprint density at radius 3 is 3.00 bits per heavy atom. The molecule has 0 bridgehead atoms. The molecular formula is C15H18N2OS. The maximum absolute atomic E-state index is 6.06. The van der Waals surface area contributed by atoms with Gasteiger partial charge in [-0.3, -0.25) is 4.98 Å². The van der Waals surface area contributed by atoms with Crippen molar-refractivity contribution in [2.75, 3.05) is 18.0 Å². The number of nitrogens with zero attached hydrogens (tertiary/aromatic N) is 2. The lowest BCUT2D eigenvalue weighted by molar-refractivity contribution is -0.0171. The van der Waals surface area contributed by atoms with Crippen molar-refractivity contribution < 1.29 is 4.74 Å². The highest BCUT2D eigenvalue weighted by molar-refractivity contribution is 7.07. The first kappa shape index (κ1) is 12.6. The Bertz CT molecular complexity index is 541. The first-order chi connectivity index (χ1) is 9.22. The summed E-state index contributed by atoms with van der Waals surface area (Å²) < 4.78 is 6.06. The lowest BCUT2D eigenvalue weighted by Gasteiger charge is -2.38. The van der Waals surface area contributed by atoms with E-state index in [1.807, 2.05) is 13.1 Å². The van der Waals surface area contributed by atoms with E-state index in [9.17, 15) is 0 Å². The number of morpholine rings is 1. The Kier molecular flexibility index (Phi) is 3.53. The second kappa shape index (κ2) is 5.31. The number of aromatic nitrogens is 1. The maximum atomic E-state index is 6.06. The molecule has 0 spiro atoms. The molecule has 0 N–H and O–H groups in total. The summed E-state index contributed by atoms with van der Waals surface area (Å²) in [5, 5.41) is 4.29. The number of rotatable bonds is 2. The molecule has 2 atom stereocenters. The van der Waals surface area contributed by atoms with Gasteiger partial charge < -0.3 is 9.64 Å². The fraction of sp³-hybridized carbons (Fsp3) is 0.400. The molecule has 4 heteroatoms. The molecule has 0 saturated carbocycles. The quantitative estimate of drug-likeness (QED) is 0.839. The van der Waals surface area contributed by atoms with Gasteiger partial charge in [0.1, 0.15) is 6.10 Å². The van der Waals surface area contributed by atoms with Gasteiger partial charge >= 0.3 is 0 Å². The summed E-state index contributed by atoms with van der Waals surface area (Å²) >= 11 is 1.73. The number of anilines is 1. The van der Waals surface area contributed by atoms with Gasteiger partial charge in [-0.05, 0) is 48.4 Å². The van der Waals surface area contributed by atoms with E-state index >= 15 is 0 Å². The molecule has 19 heavy (non-hydrogen) atoms. The third kappa shape index (κ3) is 2.80.